The number of likely N-dealkylation sites (tertiary alicyclic amines) is 1. The third kappa shape index (κ3) is 4.07. The third-order valence-corrected chi connectivity index (χ3v) is 4.38. The lowest BCUT2D eigenvalue weighted by atomic mass is 9.91. The Morgan fingerprint density at radius 2 is 2.09 bits per heavy atom. The molecule has 23 heavy (non-hydrogen) atoms. The van der Waals surface area contributed by atoms with E-state index >= 15 is 0 Å². The maximum absolute atomic E-state index is 13.0. The fourth-order valence-corrected chi connectivity index (χ4v) is 3.12. The molecule has 7 heteroatoms. The molecule has 2 atom stereocenters. The topological polar surface area (TPSA) is 68.2 Å². The number of hydrogen-bond donors (Lipinski definition) is 1. The number of halogens is 2. The van der Waals surface area contributed by atoms with Crippen LogP contribution in [0, 0.1) is 11.7 Å². The zero-order chi connectivity index (χ0) is 15.5. The molecule has 1 aliphatic rings. The van der Waals surface area contributed by atoms with Crippen molar-refractivity contribution in [2.75, 3.05) is 13.1 Å². The largest absolute Gasteiger partial charge is 0.338 e. The van der Waals surface area contributed by atoms with Gasteiger partial charge in [0, 0.05) is 18.2 Å². The lowest BCUT2D eigenvalue weighted by Gasteiger charge is -2.38. The van der Waals surface area contributed by atoms with E-state index in [1.165, 1.54) is 18.6 Å². The predicted molar refractivity (Wildman–Crippen MR) is 88.6 cm³/mol. The SMILES string of the molecule is CC1CCCN(Cc2nc(-c3ccc(F)cc3)no2)C1CN.Cl. The second-order valence-electron chi connectivity index (χ2n) is 5.91. The number of benzene rings is 1. The van der Waals surface area contributed by atoms with Gasteiger partial charge in [-0.25, -0.2) is 4.39 Å². The fourth-order valence-electron chi connectivity index (χ4n) is 3.12. The highest BCUT2D eigenvalue weighted by molar-refractivity contribution is 5.85. The Bertz CT molecular complexity index is 619. The van der Waals surface area contributed by atoms with E-state index in [9.17, 15) is 4.39 Å². The molecule has 0 saturated carbocycles. The van der Waals surface area contributed by atoms with Gasteiger partial charge in [-0.15, -0.1) is 12.4 Å². The number of hydrogen-bond acceptors (Lipinski definition) is 5. The van der Waals surface area contributed by atoms with E-state index < -0.39 is 0 Å². The van der Waals surface area contributed by atoms with Crippen LogP contribution in [0.2, 0.25) is 0 Å². The number of rotatable bonds is 4. The maximum atomic E-state index is 13.0. The summed E-state index contributed by atoms with van der Waals surface area (Å²) in [5.41, 5.74) is 6.65. The van der Waals surface area contributed by atoms with E-state index in [2.05, 4.69) is 22.0 Å². The Morgan fingerprint density at radius 3 is 2.78 bits per heavy atom. The molecule has 0 bridgehead atoms. The molecule has 1 aromatic carbocycles. The van der Waals surface area contributed by atoms with Crippen molar-refractivity contribution in [3.8, 4) is 11.4 Å². The molecule has 0 radical (unpaired) electrons. The summed E-state index contributed by atoms with van der Waals surface area (Å²) in [6, 6.07) is 6.44. The number of piperidine rings is 1. The summed E-state index contributed by atoms with van der Waals surface area (Å²) in [6.45, 7) is 4.49. The molecule has 0 aliphatic carbocycles. The van der Waals surface area contributed by atoms with Crippen molar-refractivity contribution in [2.45, 2.75) is 32.4 Å². The highest BCUT2D eigenvalue weighted by Gasteiger charge is 2.28. The summed E-state index contributed by atoms with van der Waals surface area (Å²) in [5, 5.41) is 3.99. The summed E-state index contributed by atoms with van der Waals surface area (Å²) in [4.78, 5) is 6.73. The highest BCUT2D eigenvalue weighted by Crippen LogP contribution is 2.24. The summed E-state index contributed by atoms with van der Waals surface area (Å²) in [5.74, 6) is 1.37. The van der Waals surface area contributed by atoms with Crippen molar-refractivity contribution in [3.05, 3.63) is 36.0 Å². The van der Waals surface area contributed by atoms with Crippen LogP contribution in [0.5, 0.6) is 0 Å². The number of nitrogens with two attached hydrogens (primary N) is 1. The van der Waals surface area contributed by atoms with Gasteiger partial charge in [-0.1, -0.05) is 12.1 Å². The Balaban J connectivity index is 0.00000192. The Hall–Kier alpha value is -1.50. The van der Waals surface area contributed by atoms with Crippen LogP contribution in [0.25, 0.3) is 11.4 Å². The fraction of sp³-hybridized carbons (Fsp3) is 0.500. The minimum Gasteiger partial charge on any atom is -0.338 e. The van der Waals surface area contributed by atoms with Crippen molar-refractivity contribution >= 4 is 12.4 Å². The summed E-state index contributed by atoms with van der Waals surface area (Å²) < 4.78 is 18.3. The minimum atomic E-state index is -0.277. The predicted octanol–water partition coefficient (Wildman–Crippen LogP) is 2.86. The Kier molecular flexibility index (Phi) is 6.10. The molecule has 1 aliphatic heterocycles. The quantitative estimate of drug-likeness (QED) is 0.926. The average molecular weight is 341 g/mol. The van der Waals surface area contributed by atoms with Crippen molar-refractivity contribution < 1.29 is 8.91 Å². The summed E-state index contributed by atoms with van der Waals surface area (Å²) >= 11 is 0. The second-order valence-corrected chi connectivity index (χ2v) is 5.91. The van der Waals surface area contributed by atoms with Gasteiger partial charge in [0.15, 0.2) is 0 Å². The van der Waals surface area contributed by atoms with Gasteiger partial charge in [0.05, 0.1) is 6.54 Å². The van der Waals surface area contributed by atoms with Crippen LogP contribution >= 0.6 is 12.4 Å². The van der Waals surface area contributed by atoms with Crippen LogP contribution in [-0.4, -0.2) is 34.2 Å². The minimum absolute atomic E-state index is 0. The first-order chi connectivity index (χ1) is 10.7. The highest BCUT2D eigenvalue weighted by atomic mass is 35.5. The molecule has 2 N–H and O–H groups in total. The summed E-state index contributed by atoms with van der Waals surface area (Å²) in [6.07, 6.45) is 2.37. The van der Waals surface area contributed by atoms with E-state index in [-0.39, 0.29) is 18.2 Å². The van der Waals surface area contributed by atoms with Crippen molar-refractivity contribution in [3.63, 3.8) is 0 Å². The van der Waals surface area contributed by atoms with Crippen LogP contribution in [-0.2, 0) is 6.54 Å². The molecule has 5 nitrogen and oxygen atoms in total. The first-order valence-electron chi connectivity index (χ1n) is 7.70. The molecule has 0 spiro atoms. The molecule has 1 fully saturated rings. The molecule has 1 saturated heterocycles. The van der Waals surface area contributed by atoms with Crippen LogP contribution in [0.1, 0.15) is 25.7 Å². The van der Waals surface area contributed by atoms with E-state index in [4.69, 9.17) is 10.3 Å². The van der Waals surface area contributed by atoms with Crippen LogP contribution in [0.4, 0.5) is 4.39 Å². The van der Waals surface area contributed by atoms with E-state index in [1.807, 2.05) is 0 Å². The zero-order valence-electron chi connectivity index (χ0n) is 13.1. The van der Waals surface area contributed by atoms with Crippen molar-refractivity contribution in [1.29, 1.82) is 0 Å². The first-order valence-corrected chi connectivity index (χ1v) is 7.70. The molecule has 126 valence electrons. The second kappa shape index (κ2) is 7.86. The van der Waals surface area contributed by atoms with Gasteiger partial charge in [0.25, 0.3) is 0 Å². The standard InChI is InChI=1S/C16H21FN4O.ClH/c1-11-3-2-8-21(14(11)9-18)10-15-19-16(20-22-15)12-4-6-13(17)7-5-12;/h4-7,11,14H,2-3,8-10,18H2,1H3;1H. The van der Waals surface area contributed by atoms with Gasteiger partial charge in [0.2, 0.25) is 11.7 Å². The van der Waals surface area contributed by atoms with E-state index in [0.717, 1.165) is 18.5 Å². The average Bonchev–Trinajstić information content (AvgIpc) is 2.97. The van der Waals surface area contributed by atoms with Crippen LogP contribution in [0.15, 0.2) is 28.8 Å². The lowest BCUT2D eigenvalue weighted by molar-refractivity contribution is 0.0874. The van der Waals surface area contributed by atoms with Gasteiger partial charge in [0.1, 0.15) is 5.82 Å². The zero-order valence-corrected chi connectivity index (χ0v) is 13.9. The molecule has 2 heterocycles. The van der Waals surface area contributed by atoms with Crippen LogP contribution < -0.4 is 5.73 Å². The first kappa shape index (κ1) is 17.8. The van der Waals surface area contributed by atoms with Gasteiger partial charge >= 0.3 is 0 Å². The smallest absolute Gasteiger partial charge is 0.241 e. The molecular weight excluding hydrogens is 319 g/mol. The van der Waals surface area contributed by atoms with E-state index in [0.29, 0.717) is 36.8 Å². The monoisotopic (exact) mass is 340 g/mol. The van der Waals surface area contributed by atoms with Crippen molar-refractivity contribution in [1.82, 2.24) is 15.0 Å². The van der Waals surface area contributed by atoms with Crippen LogP contribution in [0.3, 0.4) is 0 Å². The Morgan fingerprint density at radius 1 is 1.35 bits per heavy atom. The van der Waals surface area contributed by atoms with E-state index in [1.54, 1.807) is 12.1 Å². The normalized spacial score (nSPS) is 21.9. The molecule has 2 aromatic rings. The molecule has 1 aromatic heterocycles. The van der Waals surface area contributed by atoms with Crippen molar-refractivity contribution in [2.24, 2.45) is 11.7 Å². The van der Waals surface area contributed by atoms with Gasteiger partial charge in [-0.2, -0.15) is 4.98 Å². The van der Waals surface area contributed by atoms with Gasteiger partial charge in [-0.3, -0.25) is 4.90 Å². The maximum Gasteiger partial charge on any atom is 0.241 e. The molecule has 2 unspecified atom stereocenters. The number of aromatic nitrogens is 2. The van der Waals surface area contributed by atoms with Gasteiger partial charge < -0.3 is 10.3 Å². The molecule has 3 rings (SSSR count). The Labute approximate surface area is 141 Å². The third-order valence-electron chi connectivity index (χ3n) is 4.38. The number of nitrogens with zero attached hydrogens (tertiary/aromatic N) is 3. The van der Waals surface area contributed by atoms with Gasteiger partial charge in [-0.05, 0) is 49.6 Å². The molecular formula is C16H22ClFN4O. The lowest BCUT2D eigenvalue weighted by Crippen LogP contribution is -2.48. The molecule has 0 amide bonds. The summed E-state index contributed by atoms with van der Waals surface area (Å²) in [7, 11) is 0.